The summed E-state index contributed by atoms with van der Waals surface area (Å²) in [5.41, 5.74) is 5.01. The molecule has 3 nitrogen and oxygen atoms in total. The highest BCUT2D eigenvalue weighted by Crippen LogP contribution is 2.36. The van der Waals surface area contributed by atoms with Crippen molar-refractivity contribution in [2.45, 2.75) is 46.0 Å². The van der Waals surface area contributed by atoms with E-state index in [2.05, 4.69) is 0 Å². The standard InChI is InChI=1S/C23H24F2O3/c1-14-6-8-20(24)19(10-14)18-5-3-4-17(18)13-28-22-11-15(2)16(12-21(22)25)7-9-23(26)27/h6,8,10-12H,3-5,7,9,13H2,1-2H3,(H,26,27). The molecule has 0 amide bonds. The number of benzene rings is 2. The molecule has 0 saturated heterocycles. The van der Waals surface area contributed by atoms with E-state index in [1.165, 1.54) is 12.1 Å². The maximum Gasteiger partial charge on any atom is 0.303 e. The summed E-state index contributed by atoms with van der Waals surface area (Å²) in [5.74, 6) is -1.53. The van der Waals surface area contributed by atoms with Crippen molar-refractivity contribution in [3.05, 3.63) is 69.8 Å². The lowest BCUT2D eigenvalue weighted by Gasteiger charge is -2.14. The Kier molecular flexibility index (Phi) is 6.12. The van der Waals surface area contributed by atoms with Gasteiger partial charge in [0.05, 0.1) is 0 Å². The number of hydrogen-bond acceptors (Lipinski definition) is 2. The third-order valence-electron chi connectivity index (χ3n) is 5.18. The van der Waals surface area contributed by atoms with Crippen LogP contribution >= 0.6 is 0 Å². The topological polar surface area (TPSA) is 46.5 Å². The summed E-state index contributed by atoms with van der Waals surface area (Å²) in [4.78, 5) is 10.7. The number of halogens is 2. The van der Waals surface area contributed by atoms with Crippen molar-refractivity contribution in [1.29, 1.82) is 0 Å². The quantitative estimate of drug-likeness (QED) is 0.672. The molecular formula is C23H24F2O3. The van der Waals surface area contributed by atoms with Gasteiger partial charge in [-0.15, -0.1) is 0 Å². The van der Waals surface area contributed by atoms with E-state index in [-0.39, 0.29) is 31.0 Å². The predicted octanol–water partition coefficient (Wildman–Crippen LogP) is 5.62. The molecule has 0 unspecified atom stereocenters. The van der Waals surface area contributed by atoms with Gasteiger partial charge >= 0.3 is 5.97 Å². The van der Waals surface area contributed by atoms with E-state index in [0.29, 0.717) is 11.1 Å². The lowest BCUT2D eigenvalue weighted by molar-refractivity contribution is -0.136. The van der Waals surface area contributed by atoms with E-state index in [9.17, 15) is 13.6 Å². The van der Waals surface area contributed by atoms with Crippen molar-refractivity contribution in [1.82, 2.24) is 0 Å². The molecule has 0 aliphatic heterocycles. The summed E-state index contributed by atoms with van der Waals surface area (Å²) in [6.07, 6.45) is 2.75. The van der Waals surface area contributed by atoms with Gasteiger partial charge in [0.15, 0.2) is 11.6 Å². The van der Waals surface area contributed by atoms with E-state index in [0.717, 1.165) is 41.5 Å². The Labute approximate surface area is 163 Å². The zero-order chi connectivity index (χ0) is 20.3. The van der Waals surface area contributed by atoms with Gasteiger partial charge in [-0.05, 0) is 86.1 Å². The molecule has 5 heteroatoms. The van der Waals surface area contributed by atoms with E-state index >= 15 is 0 Å². The first-order valence-corrected chi connectivity index (χ1v) is 9.46. The minimum Gasteiger partial charge on any atom is -0.486 e. The van der Waals surface area contributed by atoms with Crippen molar-refractivity contribution in [3.63, 3.8) is 0 Å². The smallest absolute Gasteiger partial charge is 0.303 e. The van der Waals surface area contributed by atoms with Crippen LogP contribution < -0.4 is 4.74 Å². The van der Waals surface area contributed by atoms with Gasteiger partial charge in [0.25, 0.3) is 0 Å². The van der Waals surface area contributed by atoms with Crippen LogP contribution in [0.15, 0.2) is 35.9 Å². The average Bonchev–Trinajstić information content (AvgIpc) is 3.11. The maximum atomic E-state index is 14.4. The molecule has 0 bridgehead atoms. The first-order chi connectivity index (χ1) is 13.3. The normalized spacial score (nSPS) is 13.9. The van der Waals surface area contributed by atoms with Crippen LogP contribution in [0.25, 0.3) is 5.57 Å². The van der Waals surface area contributed by atoms with E-state index in [1.54, 1.807) is 12.1 Å². The molecule has 28 heavy (non-hydrogen) atoms. The van der Waals surface area contributed by atoms with Gasteiger partial charge in [0.1, 0.15) is 12.4 Å². The molecule has 148 valence electrons. The molecule has 0 aromatic heterocycles. The molecule has 2 aromatic carbocycles. The number of ether oxygens (including phenoxy) is 1. The van der Waals surface area contributed by atoms with Gasteiger partial charge < -0.3 is 9.84 Å². The van der Waals surface area contributed by atoms with Gasteiger partial charge in [-0.2, -0.15) is 0 Å². The Bertz CT molecular complexity index is 932. The van der Waals surface area contributed by atoms with Crippen molar-refractivity contribution < 1.29 is 23.4 Å². The Morgan fingerprint density at radius 3 is 2.64 bits per heavy atom. The number of rotatable bonds is 7. The van der Waals surface area contributed by atoms with E-state index in [1.807, 2.05) is 19.9 Å². The summed E-state index contributed by atoms with van der Waals surface area (Å²) in [5, 5.41) is 8.80. The van der Waals surface area contributed by atoms with Crippen molar-refractivity contribution in [3.8, 4) is 5.75 Å². The van der Waals surface area contributed by atoms with Crippen LogP contribution in [0.1, 0.15) is 47.9 Å². The number of allylic oxidation sites excluding steroid dienone is 1. The highest BCUT2D eigenvalue weighted by molar-refractivity contribution is 5.71. The van der Waals surface area contributed by atoms with Crippen LogP contribution in [-0.4, -0.2) is 17.7 Å². The maximum absolute atomic E-state index is 14.4. The largest absolute Gasteiger partial charge is 0.486 e. The SMILES string of the molecule is Cc1ccc(F)c(C2=C(COc3cc(C)c(CCC(=O)O)cc3F)CCC2)c1. The molecule has 0 atom stereocenters. The van der Waals surface area contributed by atoms with Gasteiger partial charge in [0, 0.05) is 12.0 Å². The molecule has 0 saturated carbocycles. The lowest BCUT2D eigenvalue weighted by Crippen LogP contribution is -2.05. The van der Waals surface area contributed by atoms with E-state index in [4.69, 9.17) is 9.84 Å². The van der Waals surface area contributed by atoms with Crippen LogP contribution in [0.4, 0.5) is 8.78 Å². The van der Waals surface area contributed by atoms with Crippen LogP contribution in [0.3, 0.4) is 0 Å². The number of aryl methyl sites for hydroxylation is 3. The van der Waals surface area contributed by atoms with Crippen LogP contribution in [0, 0.1) is 25.5 Å². The van der Waals surface area contributed by atoms with Crippen LogP contribution in [-0.2, 0) is 11.2 Å². The molecule has 0 spiro atoms. The molecule has 0 radical (unpaired) electrons. The average molecular weight is 386 g/mol. The molecule has 1 aliphatic carbocycles. The third kappa shape index (κ3) is 4.58. The fraction of sp³-hybridized carbons (Fsp3) is 0.348. The van der Waals surface area contributed by atoms with Crippen LogP contribution in [0.2, 0.25) is 0 Å². The summed E-state index contributed by atoms with van der Waals surface area (Å²) in [7, 11) is 0. The fourth-order valence-corrected chi connectivity index (χ4v) is 3.64. The molecule has 0 heterocycles. The molecule has 0 fully saturated rings. The number of carboxylic acids is 1. The number of carbonyl (C=O) groups is 1. The zero-order valence-electron chi connectivity index (χ0n) is 16.1. The monoisotopic (exact) mass is 386 g/mol. The molecule has 1 N–H and O–H groups in total. The minimum atomic E-state index is -0.913. The number of aliphatic carboxylic acids is 1. The highest BCUT2D eigenvalue weighted by atomic mass is 19.1. The number of hydrogen-bond donors (Lipinski definition) is 1. The Morgan fingerprint density at radius 1 is 1.11 bits per heavy atom. The third-order valence-corrected chi connectivity index (χ3v) is 5.18. The summed E-state index contributed by atoms with van der Waals surface area (Å²) in [6, 6.07) is 8.02. The molecule has 3 rings (SSSR count). The van der Waals surface area contributed by atoms with Crippen LogP contribution in [0.5, 0.6) is 5.75 Å². The molecular weight excluding hydrogens is 362 g/mol. The Morgan fingerprint density at radius 2 is 1.89 bits per heavy atom. The van der Waals surface area contributed by atoms with Crippen molar-refractivity contribution in [2.24, 2.45) is 0 Å². The highest BCUT2D eigenvalue weighted by Gasteiger charge is 2.20. The van der Waals surface area contributed by atoms with Crippen molar-refractivity contribution in [2.75, 3.05) is 6.61 Å². The second kappa shape index (κ2) is 8.55. The lowest BCUT2D eigenvalue weighted by atomic mass is 10.00. The zero-order valence-corrected chi connectivity index (χ0v) is 16.1. The van der Waals surface area contributed by atoms with Crippen molar-refractivity contribution >= 4 is 11.5 Å². The fourth-order valence-electron chi connectivity index (χ4n) is 3.64. The molecule has 2 aromatic rings. The van der Waals surface area contributed by atoms with E-state index < -0.39 is 11.8 Å². The Hall–Kier alpha value is -2.69. The van der Waals surface area contributed by atoms with Gasteiger partial charge in [-0.1, -0.05) is 11.6 Å². The Balaban J connectivity index is 1.78. The molecule has 1 aliphatic rings. The minimum absolute atomic E-state index is 0.0429. The summed E-state index contributed by atoms with van der Waals surface area (Å²) >= 11 is 0. The summed E-state index contributed by atoms with van der Waals surface area (Å²) < 4.78 is 34.4. The summed E-state index contributed by atoms with van der Waals surface area (Å²) in [6.45, 7) is 3.96. The van der Waals surface area contributed by atoms with Gasteiger partial charge in [-0.25, -0.2) is 8.78 Å². The second-order valence-electron chi connectivity index (χ2n) is 7.31. The predicted molar refractivity (Wildman–Crippen MR) is 104 cm³/mol. The number of carboxylic acid groups (broad SMARTS) is 1. The van der Waals surface area contributed by atoms with Gasteiger partial charge in [-0.3, -0.25) is 4.79 Å². The first-order valence-electron chi connectivity index (χ1n) is 9.46. The van der Waals surface area contributed by atoms with Gasteiger partial charge in [0.2, 0.25) is 0 Å². The first kappa shape index (κ1) is 20.1. The second-order valence-corrected chi connectivity index (χ2v) is 7.31.